The maximum Gasteiger partial charge on any atom is 0.331 e. The second kappa shape index (κ2) is 7.93. The highest BCUT2D eigenvalue weighted by molar-refractivity contribution is 6.30. The van der Waals surface area contributed by atoms with Gasteiger partial charge in [-0.2, -0.15) is 0 Å². The third-order valence-electron chi connectivity index (χ3n) is 3.43. The van der Waals surface area contributed by atoms with E-state index < -0.39 is 11.8 Å². The standard InChI is InChI=1S/C19H14ClFN2O3/c1-12-3-2-4-14(9-12)19-23-22-17(26-19)11-25-18(24)8-6-13-5-7-16(21)15(20)10-13/h2-10H,11H2,1H3/b8-6+. The summed E-state index contributed by atoms with van der Waals surface area (Å²) in [6, 6.07) is 11.7. The van der Waals surface area contributed by atoms with Crippen LogP contribution in [0.4, 0.5) is 4.39 Å². The van der Waals surface area contributed by atoms with E-state index in [1.54, 1.807) is 0 Å². The summed E-state index contributed by atoms with van der Waals surface area (Å²) in [5.41, 5.74) is 2.44. The van der Waals surface area contributed by atoms with Crippen molar-refractivity contribution < 1.29 is 18.3 Å². The zero-order valence-electron chi connectivity index (χ0n) is 13.8. The van der Waals surface area contributed by atoms with Gasteiger partial charge >= 0.3 is 5.97 Å². The average Bonchev–Trinajstić information content (AvgIpc) is 3.10. The maximum atomic E-state index is 13.1. The molecule has 0 aliphatic carbocycles. The maximum absolute atomic E-state index is 13.1. The molecule has 0 fully saturated rings. The van der Waals surface area contributed by atoms with Crippen molar-refractivity contribution in [3.63, 3.8) is 0 Å². The summed E-state index contributed by atoms with van der Waals surface area (Å²) in [4.78, 5) is 11.8. The summed E-state index contributed by atoms with van der Waals surface area (Å²) in [5, 5.41) is 7.78. The van der Waals surface area contributed by atoms with E-state index in [2.05, 4.69) is 10.2 Å². The van der Waals surface area contributed by atoms with Gasteiger partial charge in [-0.05, 0) is 42.8 Å². The number of benzene rings is 2. The molecule has 0 aliphatic rings. The molecule has 0 atom stereocenters. The van der Waals surface area contributed by atoms with Crippen molar-refractivity contribution in [2.75, 3.05) is 0 Å². The number of nitrogens with zero attached hydrogens (tertiary/aromatic N) is 2. The van der Waals surface area contributed by atoms with Gasteiger partial charge in [-0.15, -0.1) is 10.2 Å². The third-order valence-corrected chi connectivity index (χ3v) is 3.71. The second-order valence-corrected chi connectivity index (χ2v) is 5.89. The molecule has 1 aromatic heterocycles. The molecular weight excluding hydrogens is 359 g/mol. The number of rotatable bonds is 5. The zero-order valence-corrected chi connectivity index (χ0v) is 14.5. The molecule has 5 nitrogen and oxygen atoms in total. The number of esters is 1. The molecule has 3 aromatic rings. The van der Waals surface area contributed by atoms with Gasteiger partial charge in [0.15, 0.2) is 6.61 Å². The lowest BCUT2D eigenvalue weighted by molar-refractivity contribution is -0.139. The number of hydrogen-bond donors (Lipinski definition) is 0. The number of carbonyl (C=O) groups is 1. The van der Waals surface area contributed by atoms with Gasteiger partial charge in [-0.25, -0.2) is 9.18 Å². The number of aryl methyl sites for hydroxylation is 1. The number of hydrogen-bond acceptors (Lipinski definition) is 5. The zero-order chi connectivity index (χ0) is 18.5. The fourth-order valence-electron chi connectivity index (χ4n) is 2.17. The van der Waals surface area contributed by atoms with E-state index in [4.69, 9.17) is 20.8 Å². The predicted octanol–water partition coefficient (Wildman–Crippen LogP) is 4.59. The average molecular weight is 373 g/mol. The Labute approximate surface area is 154 Å². The van der Waals surface area contributed by atoms with Crippen LogP contribution in [0.5, 0.6) is 0 Å². The molecule has 7 heteroatoms. The van der Waals surface area contributed by atoms with Crippen molar-refractivity contribution in [3.8, 4) is 11.5 Å². The molecule has 0 spiro atoms. The van der Waals surface area contributed by atoms with Crippen LogP contribution < -0.4 is 0 Å². The van der Waals surface area contributed by atoms with E-state index in [1.165, 1.54) is 30.4 Å². The van der Waals surface area contributed by atoms with Crippen LogP contribution in [0.15, 0.2) is 53.0 Å². The molecule has 3 rings (SSSR count). The fourth-order valence-corrected chi connectivity index (χ4v) is 2.36. The predicted molar refractivity (Wildman–Crippen MR) is 94.7 cm³/mol. The van der Waals surface area contributed by atoms with Crippen LogP contribution in [-0.4, -0.2) is 16.2 Å². The van der Waals surface area contributed by atoms with Gasteiger partial charge < -0.3 is 9.15 Å². The minimum absolute atomic E-state index is 0.0185. The Hall–Kier alpha value is -2.99. The molecule has 0 saturated heterocycles. The number of carbonyl (C=O) groups excluding carboxylic acids is 1. The minimum atomic E-state index is -0.597. The molecule has 0 saturated carbocycles. The van der Waals surface area contributed by atoms with Gasteiger partial charge in [0, 0.05) is 11.6 Å². The van der Waals surface area contributed by atoms with Crippen LogP contribution >= 0.6 is 11.6 Å². The number of aromatic nitrogens is 2. The first-order valence-electron chi connectivity index (χ1n) is 7.70. The van der Waals surface area contributed by atoms with Crippen LogP contribution in [0.25, 0.3) is 17.5 Å². The molecule has 1 heterocycles. The van der Waals surface area contributed by atoms with Gasteiger partial charge in [0.05, 0.1) is 5.02 Å². The Morgan fingerprint density at radius 2 is 2.12 bits per heavy atom. The number of halogens is 2. The van der Waals surface area contributed by atoms with Crippen molar-refractivity contribution in [1.29, 1.82) is 0 Å². The molecule has 0 unspecified atom stereocenters. The highest BCUT2D eigenvalue weighted by atomic mass is 35.5. The minimum Gasteiger partial charge on any atom is -0.452 e. The van der Waals surface area contributed by atoms with Crippen LogP contribution in [0.3, 0.4) is 0 Å². The van der Waals surface area contributed by atoms with Gasteiger partial charge in [-0.3, -0.25) is 0 Å². The highest BCUT2D eigenvalue weighted by Gasteiger charge is 2.10. The largest absolute Gasteiger partial charge is 0.452 e. The quantitative estimate of drug-likeness (QED) is 0.484. The molecule has 0 amide bonds. The first-order chi connectivity index (χ1) is 12.5. The highest BCUT2D eigenvalue weighted by Crippen LogP contribution is 2.19. The van der Waals surface area contributed by atoms with Gasteiger partial charge in [0.1, 0.15) is 5.82 Å². The molecule has 2 aromatic carbocycles. The van der Waals surface area contributed by atoms with Crippen molar-refractivity contribution in [3.05, 3.63) is 76.4 Å². The molecule has 132 valence electrons. The molecular formula is C19H14ClFN2O3. The molecule has 0 radical (unpaired) electrons. The lowest BCUT2D eigenvalue weighted by Crippen LogP contribution is -2.00. The van der Waals surface area contributed by atoms with E-state index >= 15 is 0 Å². The molecule has 26 heavy (non-hydrogen) atoms. The first kappa shape index (κ1) is 17.8. The SMILES string of the molecule is Cc1cccc(-c2nnc(COC(=O)/C=C/c3ccc(F)c(Cl)c3)o2)c1. The Morgan fingerprint density at radius 1 is 1.27 bits per heavy atom. The topological polar surface area (TPSA) is 65.2 Å². The second-order valence-electron chi connectivity index (χ2n) is 5.49. The Balaban J connectivity index is 1.58. The number of ether oxygens (including phenoxy) is 1. The van der Waals surface area contributed by atoms with Crippen molar-refractivity contribution in [2.45, 2.75) is 13.5 Å². The van der Waals surface area contributed by atoms with Crippen LogP contribution in [0, 0.1) is 12.7 Å². The van der Waals surface area contributed by atoms with E-state index in [9.17, 15) is 9.18 Å². The van der Waals surface area contributed by atoms with E-state index in [-0.39, 0.29) is 17.5 Å². The van der Waals surface area contributed by atoms with Gasteiger partial charge in [0.2, 0.25) is 5.89 Å². The Kier molecular flexibility index (Phi) is 5.43. The van der Waals surface area contributed by atoms with Crippen molar-refractivity contribution >= 4 is 23.6 Å². The van der Waals surface area contributed by atoms with E-state index in [0.29, 0.717) is 11.5 Å². The normalized spacial score (nSPS) is 11.0. The molecule has 0 aliphatic heterocycles. The van der Waals surface area contributed by atoms with Crippen molar-refractivity contribution in [1.82, 2.24) is 10.2 Å². The summed E-state index contributed by atoms with van der Waals surface area (Å²) in [7, 11) is 0. The lowest BCUT2D eigenvalue weighted by atomic mass is 10.1. The van der Waals surface area contributed by atoms with Gasteiger partial charge in [-0.1, -0.05) is 35.4 Å². The van der Waals surface area contributed by atoms with Crippen LogP contribution in [0.1, 0.15) is 17.0 Å². The molecule has 0 bridgehead atoms. The summed E-state index contributed by atoms with van der Waals surface area (Å²) in [5.74, 6) is -0.572. The van der Waals surface area contributed by atoms with Crippen molar-refractivity contribution in [2.24, 2.45) is 0 Å². The van der Waals surface area contributed by atoms with Gasteiger partial charge in [0.25, 0.3) is 5.89 Å². The Morgan fingerprint density at radius 3 is 2.88 bits per heavy atom. The Bertz CT molecular complexity index is 969. The van der Waals surface area contributed by atoms with E-state index in [0.717, 1.165) is 11.1 Å². The van der Waals surface area contributed by atoms with Crippen LogP contribution in [0.2, 0.25) is 5.02 Å². The van der Waals surface area contributed by atoms with Crippen LogP contribution in [-0.2, 0) is 16.1 Å². The monoisotopic (exact) mass is 372 g/mol. The first-order valence-corrected chi connectivity index (χ1v) is 8.08. The summed E-state index contributed by atoms with van der Waals surface area (Å²) in [6.45, 7) is 1.81. The summed E-state index contributed by atoms with van der Waals surface area (Å²) >= 11 is 5.68. The summed E-state index contributed by atoms with van der Waals surface area (Å²) < 4.78 is 23.6. The fraction of sp³-hybridized carbons (Fsp3) is 0.105. The summed E-state index contributed by atoms with van der Waals surface area (Å²) in [6.07, 6.45) is 2.68. The third kappa shape index (κ3) is 4.55. The molecule has 0 N–H and O–H groups in total. The lowest BCUT2D eigenvalue weighted by Gasteiger charge is -1.99. The smallest absolute Gasteiger partial charge is 0.331 e. The van der Waals surface area contributed by atoms with E-state index in [1.807, 2.05) is 31.2 Å².